The van der Waals surface area contributed by atoms with E-state index >= 15 is 0 Å². The molecule has 142 valence electrons. The summed E-state index contributed by atoms with van der Waals surface area (Å²) in [5.41, 5.74) is 1.91. The fourth-order valence-electron chi connectivity index (χ4n) is 3.27. The minimum absolute atomic E-state index is 0.0148. The van der Waals surface area contributed by atoms with E-state index in [-0.39, 0.29) is 30.3 Å². The molecule has 3 rings (SSSR count). The monoisotopic (exact) mass is 366 g/mol. The maximum atomic E-state index is 12.5. The molecule has 1 heterocycles. The Balaban J connectivity index is 1.59. The minimum atomic E-state index is -0.333. The number of para-hydroxylation sites is 2. The van der Waals surface area contributed by atoms with Crippen LogP contribution in [0, 0.1) is 5.92 Å². The molecule has 1 aliphatic rings. The molecule has 0 aromatic heterocycles. The lowest BCUT2D eigenvalue weighted by Crippen LogP contribution is -2.34. The molecule has 5 heteroatoms. The van der Waals surface area contributed by atoms with Crippen LogP contribution in [0.25, 0.3) is 0 Å². The Hall–Kier alpha value is -2.82. The zero-order valence-corrected chi connectivity index (χ0v) is 15.9. The van der Waals surface area contributed by atoms with Gasteiger partial charge in [0.2, 0.25) is 11.8 Å². The molecule has 0 saturated carbocycles. The van der Waals surface area contributed by atoms with Crippen LogP contribution in [0.15, 0.2) is 54.6 Å². The quantitative estimate of drug-likeness (QED) is 0.819. The molecule has 1 atom stereocenters. The van der Waals surface area contributed by atoms with Crippen molar-refractivity contribution in [2.24, 2.45) is 5.92 Å². The molecule has 5 nitrogen and oxygen atoms in total. The first kappa shape index (κ1) is 19.0. The second-order valence-corrected chi connectivity index (χ2v) is 7.07. The minimum Gasteiger partial charge on any atom is -0.489 e. The highest BCUT2D eigenvalue weighted by molar-refractivity contribution is 6.01. The van der Waals surface area contributed by atoms with E-state index in [0.717, 1.165) is 12.1 Å². The Kier molecular flexibility index (Phi) is 6.12. The molecule has 2 aromatic rings. The molecule has 1 unspecified atom stereocenters. The first-order chi connectivity index (χ1) is 13.0. The number of benzene rings is 2. The van der Waals surface area contributed by atoms with Gasteiger partial charge in [0.1, 0.15) is 5.75 Å². The Labute approximate surface area is 160 Å². The number of ether oxygens (including phenoxy) is 1. The number of nitrogens with one attached hydrogen (secondary N) is 1. The molecule has 0 bridgehead atoms. The molecule has 2 amide bonds. The Morgan fingerprint density at radius 2 is 1.85 bits per heavy atom. The zero-order chi connectivity index (χ0) is 19.2. The highest BCUT2D eigenvalue weighted by atomic mass is 16.5. The van der Waals surface area contributed by atoms with Crippen LogP contribution in [0.2, 0.25) is 0 Å². The Bertz CT molecular complexity index is 789. The fraction of sp³-hybridized carbons (Fsp3) is 0.364. The third-order valence-electron chi connectivity index (χ3n) is 4.57. The average molecular weight is 366 g/mol. The summed E-state index contributed by atoms with van der Waals surface area (Å²) >= 11 is 0. The van der Waals surface area contributed by atoms with Crippen LogP contribution in [0.1, 0.15) is 25.8 Å². The highest BCUT2D eigenvalue weighted by Crippen LogP contribution is 2.33. The van der Waals surface area contributed by atoms with Crippen molar-refractivity contribution in [1.82, 2.24) is 5.32 Å². The lowest BCUT2D eigenvalue weighted by atomic mass is 10.1. The van der Waals surface area contributed by atoms with Crippen LogP contribution in [-0.2, 0) is 16.0 Å². The summed E-state index contributed by atoms with van der Waals surface area (Å²) in [6, 6.07) is 17.5. The van der Waals surface area contributed by atoms with Gasteiger partial charge in [0.15, 0.2) is 0 Å². The third kappa shape index (κ3) is 4.88. The van der Waals surface area contributed by atoms with E-state index in [0.29, 0.717) is 18.8 Å². The van der Waals surface area contributed by atoms with Crippen molar-refractivity contribution in [1.29, 1.82) is 0 Å². The second-order valence-electron chi connectivity index (χ2n) is 7.07. The summed E-state index contributed by atoms with van der Waals surface area (Å²) in [5, 5.41) is 2.96. The average Bonchev–Trinajstić information content (AvgIpc) is 3.04. The molecular formula is C22H26N2O3. The van der Waals surface area contributed by atoms with Crippen LogP contribution in [0.5, 0.6) is 5.75 Å². The standard InChI is InChI=1S/C22H26N2O3/c1-16(2)27-20-11-7-6-10-19(20)24-15-18(14-21(24)25)22(26)23-13-12-17-8-4-3-5-9-17/h3-11,16,18H,12-15H2,1-2H3,(H,23,26). The first-order valence-electron chi connectivity index (χ1n) is 9.42. The van der Waals surface area contributed by atoms with E-state index in [1.165, 1.54) is 5.56 Å². The number of hydrogen-bond acceptors (Lipinski definition) is 3. The van der Waals surface area contributed by atoms with Crippen LogP contribution in [0.3, 0.4) is 0 Å². The van der Waals surface area contributed by atoms with Crippen molar-refractivity contribution >= 4 is 17.5 Å². The summed E-state index contributed by atoms with van der Waals surface area (Å²) in [6.07, 6.45) is 1.02. The molecule has 0 aliphatic carbocycles. The molecular weight excluding hydrogens is 340 g/mol. The van der Waals surface area contributed by atoms with Crippen molar-refractivity contribution in [2.75, 3.05) is 18.0 Å². The number of hydrogen-bond donors (Lipinski definition) is 1. The van der Waals surface area contributed by atoms with Gasteiger partial charge in [-0.3, -0.25) is 9.59 Å². The number of carbonyl (C=O) groups excluding carboxylic acids is 2. The Morgan fingerprint density at radius 3 is 2.59 bits per heavy atom. The SMILES string of the molecule is CC(C)Oc1ccccc1N1CC(C(=O)NCCc2ccccc2)CC1=O. The largest absolute Gasteiger partial charge is 0.489 e. The lowest BCUT2D eigenvalue weighted by molar-refractivity contribution is -0.126. The van der Waals surface area contributed by atoms with Gasteiger partial charge >= 0.3 is 0 Å². The third-order valence-corrected chi connectivity index (χ3v) is 4.57. The van der Waals surface area contributed by atoms with Crippen molar-refractivity contribution in [3.8, 4) is 5.75 Å². The van der Waals surface area contributed by atoms with E-state index < -0.39 is 0 Å². The molecule has 1 aliphatic heterocycles. The van der Waals surface area contributed by atoms with E-state index in [1.54, 1.807) is 4.90 Å². The number of amides is 2. The smallest absolute Gasteiger partial charge is 0.227 e. The van der Waals surface area contributed by atoms with Gasteiger partial charge < -0.3 is 15.0 Å². The van der Waals surface area contributed by atoms with Gasteiger partial charge in [-0.2, -0.15) is 0 Å². The van der Waals surface area contributed by atoms with Gasteiger partial charge in [0, 0.05) is 19.5 Å². The maximum Gasteiger partial charge on any atom is 0.227 e. The molecule has 1 saturated heterocycles. The van der Waals surface area contributed by atoms with Crippen molar-refractivity contribution < 1.29 is 14.3 Å². The van der Waals surface area contributed by atoms with E-state index in [4.69, 9.17) is 4.74 Å². The highest BCUT2D eigenvalue weighted by Gasteiger charge is 2.36. The molecule has 27 heavy (non-hydrogen) atoms. The predicted molar refractivity (Wildman–Crippen MR) is 106 cm³/mol. The molecule has 1 fully saturated rings. The van der Waals surface area contributed by atoms with Crippen molar-refractivity contribution in [3.05, 3.63) is 60.2 Å². The van der Waals surface area contributed by atoms with Crippen LogP contribution in [0.4, 0.5) is 5.69 Å². The van der Waals surface area contributed by atoms with Crippen molar-refractivity contribution in [3.63, 3.8) is 0 Å². The summed E-state index contributed by atoms with van der Waals surface area (Å²) in [4.78, 5) is 26.7. The fourth-order valence-corrected chi connectivity index (χ4v) is 3.27. The Morgan fingerprint density at radius 1 is 1.15 bits per heavy atom. The predicted octanol–water partition coefficient (Wildman–Crippen LogP) is 3.19. The molecule has 0 spiro atoms. The van der Waals surface area contributed by atoms with Crippen molar-refractivity contribution in [2.45, 2.75) is 32.8 Å². The van der Waals surface area contributed by atoms with Gasteiger partial charge in [0.05, 0.1) is 17.7 Å². The van der Waals surface area contributed by atoms with Gasteiger partial charge in [-0.1, -0.05) is 42.5 Å². The number of carbonyl (C=O) groups is 2. The summed E-state index contributed by atoms with van der Waals surface area (Å²) in [6.45, 7) is 4.85. The summed E-state index contributed by atoms with van der Waals surface area (Å²) < 4.78 is 5.82. The van der Waals surface area contributed by atoms with Crippen LogP contribution >= 0.6 is 0 Å². The zero-order valence-electron chi connectivity index (χ0n) is 15.9. The lowest BCUT2D eigenvalue weighted by Gasteiger charge is -2.21. The van der Waals surface area contributed by atoms with Gasteiger partial charge in [-0.25, -0.2) is 0 Å². The van der Waals surface area contributed by atoms with E-state index in [2.05, 4.69) is 5.32 Å². The molecule has 1 N–H and O–H groups in total. The van der Waals surface area contributed by atoms with E-state index in [9.17, 15) is 9.59 Å². The van der Waals surface area contributed by atoms with Crippen LogP contribution in [-0.4, -0.2) is 31.0 Å². The molecule has 2 aromatic carbocycles. The summed E-state index contributed by atoms with van der Waals surface area (Å²) in [5.74, 6) is 0.230. The van der Waals surface area contributed by atoms with Crippen LogP contribution < -0.4 is 15.0 Å². The first-order valence-corrected chi connectivity index (χ1v) is 9.42. The molecule has 0 radical (unpaired) electrons. The van der Waals surface area contributed by atoms with E-state index in [1.807, 2.05) is 68.4 Å². The second kappa shape index (κ2) is 8.71. The number of anilines is 1. The normalized spacial score (nSPS) is 16.6. The topological polar surface area (TPSA) is 58.6 Å². The summed E-state index contributed by atoms with van der Waals surface area (Å²) in [7, 11) is 0. The maximum absolute atomic E-state index is 12.5. The van der Waals surface area contributed by atoms with Gasteiger partial charge in [-0.15, -0.1) is 0 Å². The van der Waals surface area contributed by atoms with Gasteiger partial charge in [-0.05, 0) is 38.0 Å². The van der Waals surface area contributed by atoms with Gasteiger partial charge in [0.25, 0.3) is 0 Å². The number of nitrogens with zero attached hydrogens (tertiary/aromatic N) is 1. The number of rotatable bonds is 7.